The molecule has 1 N–H and O–H groups in total. The maximum atomic E-state index is 13.1. The molecular weight excluding hydrogens is 639 g/mol. The van der Waals surface area contributed by atoms with Crippen molar-refractivity contribution in [3.63, 3.8) is 0 Å². The number of carbonyl (C=O) groups excluding carboxylic acids is 2. The number of piperidine rings is 1. The molecule has 3 aliphatic heterocycles. The second-order valence-corrected chi connectivity index (χ2v) is 15.1. The quantitative estimate of drug-likeness (QED) is 0.259. The number of amides is 2. The van der Waals surface area contributed by atoms with Gasteiger partial charge in [-0.2, -0.15) is 13.2 Å². The van der Waals surface area contributed by atoms with Gasteiger partial charge in [-0.05, 0) is 94.3 Å². The number of anilines is 2. The Morgan fingerprint density at radius 1 is 0.979 bits per heavy atom. The summed E-state index contributed by atoms with van der Waals surface area (Å²) in [6.45, 7) is 9.77. The molecule has 8 nitrogen and oxygen atoms in total. The normalized spacial score (nSPS) is 18.8. The van der Waals surface area contributed by atoms with Gasteiger partial charge in [0.15, 0.2) is 0 Å². The van der Waals surface area contributed by atoms with Crippen LogP contribution in [0.1, 0.15) is 57.6 Å². The molecule has 0 saturated carbocycles. The number of halogens is 3. The summed E-state index contributed by atoms with van der Waals surface area (Å²) in [5.41, 5.74) is 2.69. The van der Waals surface area contributed by atoms with Crippen molar-refractivity contribution in [1.29, 1.82) is 0 Å². The summed E-state index contributed by atoms with van der Waals surface area (Å²) in [4.78, 5) is 36.9. The molecule has 48 heavy (non-hydrogen) atoms. The van der Waals surface area contributed by atoms with Crippen molar-refractivity contribution >= 4 is 46.0 Å². The van der Waals surface area contributed by atoms with Crippen molar-refractivity contribution < 1.29 is 27.5 Å². The molecule has 2 amide bonds. The van der Waals surface area contributed by atoms with E-state index in [-0.39, 0.29) is 18.0 Å². The largest absolute Gasteiger partial charge is 0.444 e. The fourth-order valence-electron chi connectivity index (χ4n) is 6.86. The maximum absolute atomic E-state index is 13.1. The smallest absolute Gasteiger partial charge is 0.416 e. The first kappa shape index (κ1) is 34.2. The van der Waals surface area contributed by atoms with Crippen molar-refractivity contribution in [3.05, 3.63) is 59.8 Å². The van der Waals surface area contributed by atoms with Crippen LogP contribution < -0.4 is 10.2 Å². The second kappa shape index (κ2) is 14.1. The average Bonchev–Trinajstić information content (AvgIpc) is 3.05. The van der Waals surface area contributed by atoms with E-state index in [4.69, 9.17) is 4.74 Å². The van der Waals surface area contributed by atoms with Gasteiger partial charge in [0, 0.05) is 85.3 Å². The molecule has 258 valence electrons. The molecule has 1 atom stereocenters. The SMILES string of the molecule is CC(C)(C)OC(=O)N1CCN2c3ccc(NCCC(=O)N4CCC(CSc5ccnc6cc(C(F)(F)F)ccc56)CC4)cc3CCC2C1. The molecule has 2 fully saturated rings. The highest BCUT2D eigenvalue weighted by Gasteiger charge is 2.35. The Kier molecular flexibility index (Phi) is 10.0. The molecule has 3 aliphatic rings. The highest BCUT2D eigenvalue weighted by Crippen LogP contribution is 2.36. The molecule has 3 aromatic rings. The van der Waals surface area contributed by atoms with Crippen LogP contribution in [0, 0.1) is 5.92 Å². The number of likely N-dealkylation sites (tertiary alicyclic amines) is 1. The molecular formula is C36H44F3N5O3S. The molecule has 1 unspecified atom stereocenters. The van der Waals surface area contributed by atoms with Crippen LogP contribution >= 0.6 is 11.8 Å². The Hall–Kier alpha value is -3.67. The molecule has 0 aliphatic carbocycles. The lowest BCUT2D eigenvalue weighted by molar-refractivity contribution is -0.137. The van der Waals surface area contributed by atoms with E-state index in [9.17, 15) is 22.8 Å². The van der Waals surface area contributed by atoms with E-state index in [0.29, 0.717) is 37.5 Å². The van der Waals surface area contributed by atoms with E-state index < -0.39 is 17.3 Å². The number of nitrogens with one attached hydrogen (secondary N) is 1. The standard InChI is InChI=1S/C36H44F3N5O3S/c1-35(2,3)47-34(46)43-18-19-44-28(22-43)7-4-25-20-27(6-9-31(25)44)40-15-11-33(45)42-16-12-24(13-17-42)23-48-32-10-14-41-30-21-26(36(37,38)39)5-8-29(30)32/h5-6,8-10,14,20-21,24,28,40H,4,7,11-13,15-19,22-23H2,1-3H3. The third kappa shape index (κ3) is 8.13. The van der Waals surface area contributed by atoms with Crippen molar-refractivity contribution in [2.45, 2.75) is 75.6 Å². The summed E-state index contributed by atoms with van der Waals surface area (Å²) in [6, 6.07) is 12.3. The van der Waals surface area contributed by atoms with Crippen LogP contribution in [0.4, 0.5) is 29.3 Å². The number of ether oxygens (including phenoxy) is 1. The van der Waals surface area contributed by atoms with E-state index in [1.165, 1.54) is 17.3 Å². The minimum atomic E-state index is -4.39. The molecule has 12 heteroatoms. The summed E-state index contributed by atoms with van der Waals surface area (Å²) in [5.74, 6) is 1.44. The van der Waals surface area contributed by atoms with Crippen LogP contribution in [0.25, 0.3) is 10.9 Å². The van der Waals surface area contributed by atoms with Crippen LogP contribution in [-0.2, 0) is 22.1 Å². The summed E-state index contributed by atoms with van der Waals surface area (Å²) in [7, 11) is 0. The molecule has 0 bridgehead atoms. The summed E-state index contributed by atoms with van der Waals surface area (Å²) in [5, 5.41) is 4.18. The first-order chi connectivity index (χ1) is 22.8. The fourth-order valence-corrected chi connectivity index (χ4v) is 8.10. The lowest BCUT2D eigenvalue weighted by Gasteiger charge is -2.46. The lowest BCUT2D eigenvalue weighted by Crippen LogP contribution is -2.57. The predicted octanol–water partition coefficient (Wildman–Crippen LogP) is 7.46. The number of nitrogens with zero attached hydrogens (tertiary/aromatic N) is 4. The fraction of sp³-hybridized carbons (Fsp3) is 0.528. The molecule has 0 spiro atoms. The van der Waals surface area contributed by atoms with Gasteiger partial charge in [-0.1, -0.05) is 6.07 Å². The minimum Gasteiger partial charge on any atom is -0.444 e. The number of hydrogen-bond acceptors (Lipinski definition) is 7. The van der Waals surface area contributed by atoms with Gasteiger partial charge < -0.3 is 24.8 Å². The number of rotatable bonds is 7. The lowest BCUT2D eigenvalue weighted by atomic mass is 9.93. The average molecular weight is 684 g/mol. The van der Waals surface area contributed by atoms with Crippen molar-refractivity contribution in [2.75, 3.05) is 55.2 Å². The zero-order chi connectivity index (χ0) is 34.1. The number of piperazine rings is 1. The predicted molar refractivity (Wildman–Crippen MR) is 184 cm³/mol. The van der Waals surface area contributed by atoms with Gasteiger partial charge in [-0.25, -0.2) is 4.79 Å². The van der Waals surface area contributed by atoms with Gasteiger partial charge in [0.25, 0.3) is 0 Å². The zero-order valence-corrected chi connectivity index (χ0v) is 28.6. The molecule has 1 aromatic heterocycles. The maximum Gasteiger partial charge on any atom is 0.416 e. The highest BCUT2D eigenvalue weighted by atomic mass is 32.2. The number of fused-ring (bicyclic) bond motifs is 4. The van der Waals surface area contributed by atoms with Gasteiger partial charge in [-0.15, -0.1) is 11.8 Å². The summed E-state index contributed by atoms with van der Waals surface area (Å²) >= 11 is 1.65. The monoisotopic (exact) mass is 683 g/mol. The summed E-state index contributed by atoms with van der Waals surface area (Å²) in [6.07, 6.45) is 1.09. The van der Waals surface area contributed by atoms with Crippen LogP contribution in [0.5, 0.6) is 0 Å². The van der Waals surface area contributed by atoms with Crippen LogP contribution in [-0.4, -0.2) is 83.4 Å². The number of aryl methyl sites for hydroxylation is 1. The van der Waals surface area contributed by atoms with Gasteiger partial charge in [0.2, 0.25) is 5.91 Å². The number of aromatic nitrogens is 1. The Bertz CT molecular complexity index is 1640. The molecule has 2 aromatic carbocycles. The number of thioether (sulfide) groups is 1. The minimum absolute atomic E-state index is 0.151. The van der Waals surface area contributed by atoms with E-state index >= 15 is 0 Å². The number of hydrogen-bond donors (Lipinski definition) is 1. The van der Waals surface area contributed by atoms with E-state index in [2.05, 4.69) is 33.4 Å². The third-order valence-corrected chi connectivity index (χ3v) is 10.7. The molecule has 6 rings (SSSR count). The first-order valence-electron chi connectivity index (χ1n) is 16.8. The zero-order valence-electron chi connectivity index (χ0n) is 27.8. The van der Waals surface area contributed by atoms with E-state index in [1.807, 2.05) is 36.6 Å². The third-order valence-electron chi connectivity index (χ3n) is 9.41. The van der Waals surface area contributed by atoms with Crippen molar-refractivity contribution in [1.82, 2.24) is 14.8 Å². The number of benzene rings is 2. The molecule has 0 radical (unpaired) electrons. The second-order valence-electron chi connectivity index (χ2n) is 14.0. The van der Waals surface area contributed by atoms with Gasteiger partial charge in [0.05, 0.1) is 11.1 Å². The Morgan fingerprint density at radius 3 is 2.52 bits per heavy atom. The Balaban J connectivity index is 0.931. The van der Waals surface area contributed by atoms with Gasteiger partial charge >= 0.3 is 12.3 Å². The van der Waals surface area contributed by atoms with Crippen LogP contribution in [0.2, 0.25) is 0 Å². The number of carbonyl (C=O) groups is 2. The van der Waals surface area contributed by atoms with E-state index in [0.717, 1.165) is 79.2 Å². The Morgan fingerprint density at radius 2 is 1.77 bits per heavy atom. The highest BCUT2D eigenvalue weighted by molar-refractivity contribution is 7.99. The van der Waals surface area contributed by atoms with E-state index in [1.54, 1.807) is 18.0 Å². The van der Waals surface area contributed by atoms with Crippen LogP contribution in [0.3, 0.4) is 0 Å². The topological polar surface area (TPSA) is 78.0 Å². The van der Waals surface area contributed by atoms with Gasteiger partial charge in [-0.3, -0.25) is 9.78 Å². The van der Waals surface area contributed by atoms with Crippen molar-refractivity contribution in [3.8, 4) is 0 Å². The first-order valence-corrected chi connectivity index (χ1v) is 17.8. The number of pyridine rings is 1. The molecule has 4 heterocycles. The Labute approximate surface area is 284 Å². The van der Waals surface area contributed by atoms with Gasteiger partial charge in [0.1, 0.15) is 5.60 Å². The molecule has 2 saturated heterocycles. The summed E-state index contributed by atoms with van der Waals surface area (Å²) < 4.78 is 45.0. The van der Waals surface area contributed by atoms with Crippen molar-refractivity contribution in [2.24, 2.45) is 5.92 Å². The van der Waals surface area contributed by atoms with Crippen LogP contribution in [0.15, 0.2) is 53.6 Å². The number of alkyl halides is 3.